The zero-order valence-corrected chi connectivity index (χ0v) is 19.3. The lowest BCUT2D eigenvalue weighted by atomic mass is 10.3. The summed E-state index contributed by atoms with van der Waals surface area (Å²) in [5.74, 6) is 3.63. The highest BCUT2D eigenvalue weighted by Crippen LogP contribution is 2.16. The first-order chi connectivity index (χ1) is 14.2. The van der Waals surface area contributed by atoms with Crippen molar-refractivity contribution in [1.82, 2.24) is 35.4 Å². The molecule has 1 aromatic carbocycles. The van der Waals surface area contributed by atoms with Crippen molar-refractivity contribution in [2.45, 2.75) is 26.4 Å². The molecule has 0 aliphatic heterocycles. The van der Waals surface area contributed by atoms with Crippen LogP contribution >= 0.6 is 24.0 Å². The Kier molecular flexibility index (Phi) is 7.44. The second-order valence-electron chi connectivity index (χ2n) is 6.59. The average Bonchev–Trinajstić information content (AvgIpc) is 3.47. The highest BCUT2D eigenvalue weighted by molar-refractivity contribution is 14.0. The first kappa shape index (κ1) is 21.8. The summed E-state index contributed by atoms with van der Waals surface area (Å²) in [5.41, 5.74) is 2.21. The highest BCUT2D eigenvalue weighted by atomic mass is 127. The van der Waals surface area contributed by atoms with Crippen LogP contribution in [0.1, 0.15) is 18.1 Å². The van der Waals surface area contributed by atoms with Crippen molar-refractivity contribution in [3.8, 4) is 11.6 Å². The Morgan fingerprint density at radius 1 is 1.17 bits per heavy atom. The molecular formula is C20H25IN8O. The Balaban J connectivity index is 0.00000256. The number of H-pyrrole nitrogens is 1. The Labute approximate surface area is 191 Å². The largest absolute Gasteiger partial charge is 0.461 e. The molecule has 9 nitrogen and oxygen atoms in total. The van der Waals surface area contributed by atoms with Crippen molar-refractivity contribution < 1.29 is 4.42 Å². The van der Waals surface area contributed by atoms with E-state index in [1.807, 2.05) is 37.3 Å². The minimum atomic E-state index is 0. The maximum Gasteiger partial charge on any atom is 0.216 e. The molecule has 10 heteroatoms. The van der Waals surface area contributed by atoms with E-state index in [4.69, 9.17) is 4.42 Å². The summed E-state index contributed by atoms with van der Waals surface area (Å²) < 4.78 is 7.55. The number of furan rings is 1. The molecule has 0 aliphatic rings. The summed E-state index contributed by atoms with van der Waals surface area (Å²) in [6.07, 6.45) is 2.55. The minimum absolute atomic E-state index is 0. The number of nitrogens with one attached hydrogen (secondary N) is 3. The van der Waals surface area contributed by atoms with Gasteiger partial charge in [-0.3, -0.25) is 10.1 Å². The second-order valence-corrected chi connectivity index (χ2v) is 6.59. The van der Waals surface area contributed by atoms with Crippen LogP contribution in [0.15, 0.2) is 52.1 Å². The van der Waals surface area contributed by atoms with Crippen LogP contribution in [0.3, 0.4) is 0 Å². The van der Waals surface area contributed by atoms with Crippen LogP contribution in [-0.2, 0) is 13.1 Å². The number of aromatic nitrogens is 5. The fourth-order valence-corrected chi connectivity index (χ4v) is 3.20. The van der Waals surface area contributed by atoms with Gasteiger partial charge in [-0.25, -0.2) is 9.97 Å². The predicted molar refractivity (Wildman–Crippen MR) is 127 cm³/mol. The molecule has 0 saturated carbocycles. The summed E-state index contributed by atoms with van der Waals surface area (Å²) in [7, 11) is 1.75. The molecule has 3 N–H and O–H groups in total. The molecule has 0 amide bonds. The normalized spacial score (nSPS) is 11.5. The van der Waals surface area contributed by atoms with Gasteiger partial charge in [0.15, 0.2) is 11.7 Å². The molecular weight excluding hydrogens is 495 g/mol. The van der Waals surface area contributed by atoms with Crippen molar-refractivity contribution in [2.24, 2.45) is 4.99 Å². The molecule has 30 heavy (non-hydrogen) atoms. The van der Waals surface area contributed by atoms with E-state index in [2.05, 4.69) is 46.4 Å². The SMILES string of the molecule is CN=C(NCCCn1c(C)nc2ccccc21)NCc1nc(-c2ccco2)n[nH]1.I. The van der Waals surface area contributed by atoms with Gasteiger partial charge in [-0.1, -0.05) is 12.1 Å². The van der Waals surface area contributed by atoms with Gasteiger partial charge in [-0.2, -0.15) is 0 Å². The molecule has 0 fully saturated rings. The maximum absolute atomic E-state index is 5.30. The Morgan fingerprint density at radius 3 is 2.83 bits per heavy atom. The van der Waals surface area contributed by atoms with E-state index in [1.54, 1.807) is 13.3 Å². The molecule has 0 spiro atoms. The van der Waals surface area contributed by atoms with Crippen molar-refractivity contribution >= 4 is 41.0 Å². The zero-order chi connectivity index (χ0) is 20.1. The zero-order valence-electron chi connectivity index (χ0n) is 16.9. The number of fused-ring (bicyclic) bond motifs is 1. The van der Waals surface area contributed by atoms with Crippen LogP contribution in [0, 0.1) is 6.92 Å². The van der Waals surface area contributed by atoms with Crippen LogP contribution in [0.4, 0.5) is 0 Å². The monoisotopic (exact) mass is 520 g/mol. The van der Waals surface area contributed by atoms with E-state index in [1.165, 1.54) is 5.52 Å². The Hall–Kier alpha value is -2.89. The van der Waals surface area contributed by atoms with E-state index >= 15 is 0 Å². The second kappa shape index (κ2) is 10.2. The number of hydrogen-bond acceptors (Lipinski definition) is 5. The summed E-state index contributed by atoms with van der Waals surface area (Å²) >= 11 is 0. The number of imidazole rings is 1. The van der Waals surface area contributed by atoms with Gasteiger partial charge in [-0.15, -0.1) is 29.1 Å². The molecule has 0 unspecified atom stereocenters. The number of aromatic amines is 1. The average molecular weight is 520 g/mol. The minimum Gasteiger partial charge on any atom is -0.461 e. The number of para-hydroxylation sites is 2. The molecule has 0 atom stereocenters. The first-order valence-electron chi connectivity index (χ1n) is 9.56. The van der Waals surface area contributed by atoms with E-state index in [0.29, 0.717) is 29.9 Å². The predicted octanol–water partition coefficient (Wildman–Crippen LogP) is 3.10. The van der Waals surface area contributed by atoms with Crippen LogP contribution in [0.2, 0.25) is 0 Å². The number of guanidine groups is 1. The quantitative estimate of drug-likeness (QED) is 0.150. The third-order valence-electron chi connectivity index (χ3n) is 4.62. The molecule has 3 heterocycles. The van der Waals surface area contributed by atoms with Gasteiger partial charge in [0, 0.05) is 20.1 Å². The van der Waals surface area contributed by atoms with Gasteiger partial charge < -0.3 is 19.6 Å². The third kappa shape index (κ3) is 4.99. The lowest BCUT2D eigenvalue weighted by Gasteiger charge is -2.12. The lowest BCUT2D eigenvalue weighted by molar-refractivity contribution is 0.577. The standard InChI is InChI=1S/C20H24N8O.HI/c1-14-24-15-7-3-4-8-16(15)28(14)11-6-10-22-20(21-2)23-13-18-25-19(27-26-18)17-9-5-12-29-17;/h3-5,7-9,12H,6,10-11,13H2,1-2H3,(H2,21,22,23)(H,25,26,27);1H. The van der Waals surface area contributed by atoms with Crippen molar-refractivity contribution in [1.29, 1.82) is 0 Å². The molecule has 0 radical (unpaired) electrons. The molecule has 158 valence electrons. The Morgan fingerprint density at radius 2 is 2.03 bits per heavy atom. The fourth-order valence-electron chi connectivity index (χ4n) is 3.20. The first-order valence-corrected chi connectivity index (χ1v) is 9.56. The van der Waals surface area contributed by atoms with Crippen molar-refractivity contribution in [3.63, 3.8) is 0 Å². The number of hydrogen-bond donors (Lipinski definition) is 3. The smallest absolute Gasteiger partial charge is 0.216 e. The van der Waals surface area contributed by atoms with Gasteiger partial charge in [-0.05, 0) is 37.6 Å². The topological polar surface area (TPSA) is 109 Å². The molecule has 4 aromatic rings. The van der Waals surface area contributed by atoms with Crippen LogP contribution in [0.25, 0.3) is 22.6 Å². The van der Waals surface area contributed by atoms with Gasteiger partial charge in [0.1, 0.15) is 11.6 Å². The van der Waals surface area contributed by atoms with Gasteiger partial charge in [0.2, 0.25) is 5.82 Å². The molecule has 0 saturated heterocycles. The van der Waals surface area contributed by atoms with E-state index in [9.17, 15) is 0 Å². The molecule has 4 rings (SSSR count). The lowest BCUT2D eigenvalue weighted by Crippen LogP contribution is -2.37. The number of aryl methyl sites for hydroxylation is 2. The maximum atomic E-state index is 5.30. The summed E-state index contributed by atoms with van der Waals surface area (Å²) in [6, 6.07) is 11.9. The van der Waals surface area contributed by atoms with Gasteiger partial charge in [0.05, 0.1) is 23.8 Å². The van der Waals surface area contributed by atoms with E-state index < -0.39 is 0 Å². The number of aliphatic imine (C=N–C) groups is 1. The Bertz CT molecular complexity index is 1100. The van der Waals surface area contributed by atoms with Crippen LogP contribution in [0.5, 0.6) is 0 Å². The van der Waals surface area contributed by atoms with E-state index in [-0.39, 0.29) is 24.0 Å². The van der Waals surface area contributed by atoms with Crippen LogP contribution in [-0.4, -0.2) is 44.3 Å². The highest BCUT2D eigenvalue weighted by Gasteiger charge is 2.09. The number of halogens is 1. The van der Waals surface area contributed by atoms with Gasteiger partial charge in [0.25, 0.3) is 0 Å². The number of benzene rings is 1. The fraction of sp³-hybridized carbons (Fsp3) is 0.300. The molecule has 3 aromatic heterocycles. The third-order valence-corrected chi connectivity index (χ3v) is 4.62. The number of nitrogens with zero attached hydrogens (tertiary/aromatic N) is 5. The summed E-state index contributed by atoms with van der Waals surface area (Å²) in [6.45, 7) is 4.21. The van der Waals surface area contributed by atoms with Crippen molar-refractivity contribution in [3.05, 3.63) is 54.3 Å². The van der Waals surface area contributed by atoms with Gasteiger partial charge >= 0.3 is 0 Å². The molecule has 0 aliphatic carbocycles. The van der Waals surface area contributed by atoms with Crippen molar-refractivity contribution in [2.75, 3.05) is 13.6 Å². The van der Waals surface area contributed by atoms with Crippen LogP contribution < -0.4 is 10.6 Å². The summed E-state index contributed by atoms with van der Waals surface area (Å²) in [5, 5.41) is 13.6. The van der Waals surface area contributed by atoms with E-state index in [0.717, 1.165) is 30.9 Å². The number of rotatable bonds is 7. The molecule has 0 bridgehead atoms. The summed E-state index contributed by atoms with van der Waals surface area (Å²) in [4.78, 5) is 13.3.